The van der Waals surface area contributed by atoms with E-state index in [0.717, 1.165) is 19.3 Å². The second-order valence-corrected chi connectivity index (χ2v) is 3.56. The number of alkyl halides is 1. The maximum atomic E-state index is 10.6. The van der Waals surface area contributed by atoms with Crippen molar-refractivity contribution in [3.63, 3.8) is 0 Å². The first-order valence-electron chi connectivity index (χ1n) is 5.04. The van der Waals surface area contributed by atoms with E-state index in [1.54, 1.807) is 12.1 Å². The van der Waals surface area contributed by atoms with Crippen LogP contribution in [-0.4, -0.2) is 22.4 Å². The van der Waals surface area contributed by atoms with Crippen LogP contribution in [0.2, 0.25) is 0 Å². The summed E-state index contributed by atoms with van der Waals surface area (Å²) in [4.78, 5) is 13.7. The second-order valence-electron chi connectivity index (χ2n) is 3.18. The lowest BCUT2D eigenvalue weighted by Gasteiger charge is -2.05. The Balaban J connectivity index is 2.44. The normalized spacial score (nSPS) is 10.1. The molecular weight excluding hydrogens is 232 g/mol. The molecule has 0 amide bonds. The van der Waals surface area contributed by atoms with Crippen LogP contribution in [0.4, 0.5) is 5.82 Å². The third-order valence-electron chi connectivity index (χ3n) is 1.96. The molecule has 0 atom stereocenters. The Morgan fingerprint density at radius 1 is 1.44 bits per heavy atom. The van der Waals surface area contributed by atoms with Crippen molar-refractivity contribution in [3.8, 4) is 5.75 Å². The average Bonchev–Trinajstić information content (AvgIpc) is 2.29. The van der Waals surface area contributed by atoms with E-state index in [9.17, 15) is 10.1 Å². The SMILES string of the molecule is O=[N+]([O-])c1ncccc1OCCCCCCl. The summed E-state index contributed by atoms with van der Waals surface area (Å²) in [6.07, 6.45) is 4.09. The average molecular weight is 245 g/mol. The van der Waals surface area contributed by atoms with Gasteiger partial charge in [0.2, 0.25) is 5.75 Å². The number of nitrogens with zero attached hydrogens (tertiary/aromatic N) is 2. The molecule has 0 aliphatic heterocycles. The largest absolute Gasteiger partial charge is 0.486 e. The van der Waals surface area contributed by atoms with E-state index < -0.39 is 4.92 Å². The molecule has 0 spiro atoms. The molecule has 0 saturated heterocycles. The fourth-order valence-corrected chi connectivity index (χ4v) is 1.38. The summed E-state index contributed by atoms with van der Waals surface area (Å²) in [5.74, 6) is 0.616. The van der Waals surface area contributed by atoms with Crippen molar-refractivity contribution in [1.82, 2.24) is 4.98 Å². The molecule has 0 fully saturated rings. The van der Waals surface area contributed by atoms with Crippen molar-refractivity contribution in [2.45, 2.75) is 19.3 Å². The van der Waals surface area contributed by atoms with Crippen molar-refractivity contribution in [2.75, 3.05) is 12.5 Å². The molecule has 0 unspecified atom stereocenters. The Labute approximate surface area is 98.5 Å². The molecule has 0 N–H and O–H groups in total. The first kappa shape index (κ1) is 12.7. The van der Waals surface area contributed by atoms with Crippen LogP contribution in [0.5, 0.6) is 5.75 Å². The molecule has 5 nitrogen and oxygen atoms in total. The van der Waals surface area contributed by atoms with Crippen LogP contribution in [0, 0.1) is 10.1 Å². The zero-order chi connectivity index (χ0) is 11.8. The van der Waals surface area contributed by atoms with Gasteiger partial charge in [-0.2, -0.15) is 0 Å². The zero-order valence-electron chi connectivity index (χ0n) is 8.76. The molecule has 0 aliphatic rings. The highest BCUT2D eigenvalue weighted by molar-refractivity contribution is 6.17. The number of hydrogen-bond donors (Lipinski definition) is 0. The molecule has 88 valence electrons. The Kier molecular flexibility index (Phi) is 5.56. The molecule has 0 aromatic carbocycles. The Morgan fingerprint density at radius 3 is 2.94 bits per heavy atom. The number of unbranched alkanes of at least 4 members (excludes halogenated alkanes) is 2. The van der Waals surface area contributed by atoms with Gasteiger partial charge in [-0.15, -0.1) is 11.6 Å². The molecule has 1 aromatic rings. The Morgan fingerprint density at radius 2 is 2.25 bits per heavy atom. The van der Waals surface area contributed by atoms with Crippen LogP contribution >= 0.6 is 11.6 Å². The number of pyridine rings is 1. The van der Waals surface area contributed by atoms with E-state index in [0.29, 0.717) is 12.5 Å². The van der Waals surface area contributed by atoms with Gasteiger partial charge in [-0.1, -0.05) is 0 Å². The lowest BCUT2D eigenvalue weighted by Crippen LogP contribution is -2.01. The zero-order valence-corrected chi connectivity index (χ0v) is 9.52. The highest BCUT2D eigenvalue weighted by Gasteiger charge is 2.14. The van der Waals surface area contributed by atoms with Crippen LogP contribution in [-0.2, 0) is 0 Å². The van der Waals surface area contributed by atoms with Gasteiger partial charge in [-0.05, 0) is 41.3 Å². The summed E-state index contributed by atoms with van der Waals surface area (Å²) in [6, 6.07) is 3.16. The highest BCUT2D eigenvalue weighted by atomic mass is 35.5. The van der Waals surface area contributed by atoms with Crippen molar-refractivity contribution < 1.29 is 9.66 Å². The van der Waals surface area contributed by atoms with E-state index >= 15 is 0 Å². The molecule has 6 heteroatoms. The molecule has 0 aliphatic carbocycles. The molecule has 16 heavy (non-hydrogen) atoms. The summed E-state index contributed by atoms with van der Waals surface area (Å²) in [7, 11) is 0. The van der Waals surface area contributed by atoms with Gasteiger partial charge in [0.1, 0.15) is 6.20 Å². The molecule has 0 bridgehead atoms. The van der Waals surface area contributed by atoms with Crippen LogP contribution in [0.15, 0.2) is 18.3 Å². The number of halogens is 1. The molecular formula is C10H13ClN2O3. The topological polar surface area (TPSA) is 65.3 Å². The first-order chi connectivity index (χ1) is 7.75. The van der Waals surface area contributed by atoms with E-state index in [1.165, 1.54) is 6.20 Å². The monoisotopic (exact) mass is 244 g/mol. The number of nitro groups is 1. The number of rotatable bonds is 7. The number of hydrogen-bond acceptors (Lipinski definition) is 4. The van der Waals surface area contributed by atoms with Gasteiger partial charge in [0.15, 0.2) is 0 Å². The van der Waals surface area contributed by atoms with Gasteiger partial charge >= 0.3 is 5.82 Å². The maximum absolute atomic E-state index is 10.6. The third-order valence-corrected chi connectivity index (χ3v) is 2.23. The molecule has 1 aromatic heterocycles. The van der Waals surface area contributed by atoms with E-state index in [1.807, 2.05) is 0 Å². The first-order valence-corrected chi connectivity index (χ1v) is 5.57. The summed E-state index contributed by atoms with van der Waals surface area (Å²) >= 11 is 5.52. The summed E-state index contributed by atoms with van der Waals surface area (Å²) in [6.45, 7) is 0.448. The lowest BCUT2D eigenvalue weighted by molar-refractivity contribution is -0.390. The fraction of sp³-hybridized carbons (Fsp3) is 0.500. The summed E-state index contributed by atoms with van der Waals surface area (Å²) in [5.41, 5.74) is 0. The predicted molar refractivity (Wildman–Crippen MR) is 61.0 cm³/mol. The second kappa shape index (κ2) is 7.00. The van der Waals surface area contributed by atoms with Gasteiger partial charge < -0.3 is 14.9 Å². The van der Waals surface area contributed by atoms with E-state index in [2.05, 4.69) is 4.98 Å². The van der Waals surface area contributed by atoms with Crippen molar-refractivity contribution in [3.05, 3.63) is 28.4 Å². The maximum Gasteiger partial charge on any atom is 0.406 e. The van der Waals surface area contributed by atoms with Crippen molar-refractivity contribution >= 4 is 17.4 Å². The van der Waals surface area contributed by atoms with Crippen LogP contribution in [0.3, 0.4) is 0 Å². The van der Waals surface area contributed by atoms with Gasteiger partial charge in [-0.25, -0.2) is 0 Å². The van der Waals surface area contributed by atoms with Crippen molar-refractivity contribution in [1.29, 1.82) is 0 Å². The van der Waals surface area contributed by atoms with Crippen LogP contribution < -0.4 is 4.74 Å². The predicted octanol–water partition coefficient (Wildman–Crippen LogP) is 2.78. The van der Waals surface area contributed by atoms with Gasteiger partial charge in [0.25, 0.3) is 0 Å². The minimum atomic E-state index is -0.548. The highest BCUT2D eigenvalue weighted by Crippen LogP contribution is 2.22. The quantitative estimate of drug-likeness (QED) is 0.320. The smallest absolute Gasteiger partial charge is 0.406 e. The molecule has 0 radical (unpaired) electrons. The van der Waals surface area contributed by atoms with Crippen LogP contribution in [0.1, 0.15) is 19.3 Å². The molecule has 1 heterocycles. The number of aromatic nitrogens is 1. The number of ether oxygens (including phenoxy) is 1. The minimum Gasteiger partial charge on any atom is -0.486 e. The lowest BCUT2D eigenvalue weighted by atomic mass is 10.3. The fourth-order valence-electron chi connectivity index (χ4n) is 1.19. The minimum absolute atomic E-state index is 0.221. The van der Waals surface area contributed by atoms with Gasteiger partial charge in [0.05, 0.1) is 6.61 Å². The van der Waals surface area contributed by atoms with Gasteiger partial charge in [-0.3, -0.25) is 0 Å². The third kappa shape index (κ3) is 4.02. The standard InChI is InChI=1S/C10H13ClN2O3/c11-6-2-1-3-8-16-9-5-4-7-12-10(9)13(14)15/h4-5,7H,1-3,6,8H2. The van der Waals surface area contributed by atoms with E-state index in [4.69, 9.17) is 16.3 Å². The van der Waals surface area contributed by atoms with Crippen LogP contribution in [0.25, 0.3) is 0 Å². The Hall–Kier alpha value is -1.36. The van der Waals surface area contributed by atoms with E-state index in [-0.39, 0.29) is 11.6 Å². The van der Waals surface area contributed by atoms with Gasteiger partial charge in [0, 0.05) is 5.88 Å². The molecule has 0 saturated carbocycles. The summed E-state index contributed by atoms with van der Waals surface area (Å²) < 4.78 is 5.30. The van der Waals surface area contributed by atoms with Crippen molar-refractivity contribution in [2.24, 2.45) is 0 Å². The molecule has 1 rings (SSSR count). The summed E-state index contributed by atoms with van der Waals surface area (Å²) in [5, 5.41) is 10.6. The Bertz CT molecular complexity index is 347.